The molecule has 0 aliphatic carbocycles. The molecule has 0 saturated heterocycles. The van der Waals surface area contributed by atoms with Gasteiger partial charge in [0.1, 0.15) is 0 Å². The highest BCUT2D eigenvalue weighted by Crippen LogP contribution is 2.40. The molecule has 0 fully saturated rings. The number of aromatic nitrogens is 1. The van der Waals surface area contributed by atoms with Gasteiger partial charge in [-0.2, -0.15) is 0 Å². The van der Waals surface area contributed by atoms with Crippen molar-refractivity contribution in [3.8, 4) is 11.5 Å². The summed E-state index contributed by atoms with van der Waals surface area (Å²) < 4.78 is 13.3. The molecular weight excluding hydrogens is 364 g/mol. The Kier molecular flexibility index (Phi) is 4.99. The fourth-order valence-electron chi connectivity index (χ4n) is 4.01. The Morgan fingerprint density at radius 3 is 2.66 bits per heavy atom. The molecule has 0 bridgehead atoms. The topological polar surface area (TPSA) is 52.5 Å². The minimum Gasteiger partial charge on any atom is -0.454 e. The van der Waals surface area contributed by atoms with E-state index in [1.54, 1.807) is 0 Å². The van der Waals surface area contributed by atoms with Gasteiger partial charge >= 0.3 is 0 Å². The van der Waals surface area contributed by atoms with Gasteiger partial charge in [0.2, 0.25) is 12.7 Å². The minimum absolute atomic E-state index is 0.0356. The Morgan fingerprint density at radius 1 is 1.14 bits per heavy atom. The Bertz CT molecular complexity index is 1050. The fraction of sp³-hybridized carbons (Fsp3) is 0.375. The molecule has 0 unspecified atom stereocenters. The van der Waals surface area contributed by atoms with Crippen LogP contribution >= 0.6 is 0 Å². The van der Waals surface area contributed by atoms with Crippen molar-refractivity contribution >= 4 is 16.8 Å². The third-order valence-corrected chi connectivity index (χ3v) is 5.24. The van der Waals surface area contributed by atoms with E-state index >= 15 is 0 Å². The number of benzene rings is 2. The third-order valence-electron chi connectivity index (χ3n) is 5.24. The molecular formula is C24H28N2O3. The maximum Gasteiger partial charge on any atom is 0.231 e. The predicted molar refractivity (Wildman–Crippen MR) is 115 cm³/mol. The molecule has 0 radical (unpaired) electrons. The zero-order chi connectivity index (χ0) is 20.6. The number of nitrogens with zero attached hydrogens (tertiary/aromatic N) is 1. The highest BCUT2D eigenvalue weighted by molar-refractivity contribution is 5.87. The second kappa shape index (κ2) is 7.47. The van der Waals surface area contributed by atoms with E-state index in [1.165, 1.54) is 10.9 Å². The lowest BCUT2D eigenvalue weighted by Crippen LogP contribution is -2.41. The van der Waals surface area contributed by atoms with Crippen LogP contribution in [0.3, 0.4) is 0 Å². The summed E-state index contributed by atoms with van der Waals surface area (Å²) in [5.41, 5.74) is 3.13. The summed E-state index contributed by atoms with van der Waals surface area (Å²) in [6, 6.07) is 14.4. The van der Waals surface area contributed by atoms with Crippen molar-refractivity contribution < 1.29 is 14.3 Å². The molecule has 0 saturated carbocycles. The standard InChI is InChI=1S/C24H28N2O3/c1-5-26-14-19(17-8-6-7-9-20(17)26)18(13-23(27)25-24(2,3)4)16-10-11-21-22(12-16)29-15-28-21/h6-12,14,18H,5,13,15H2,1-4H3,(H,25,27)/t18-/m1/s1. The largest absolute Gasteiger partial charge is 0.454 e. The van der Waals surface area contributed by atoms with Crippen LogP contribution < -0.4 is 14.8 Å². The third kappa shape index (κ3) is 3.95. The number of nitrogens with one attached hydrogen (secondary N) is 1. The van der Waals surface area contributed by atoms with Crippen molar-refractivity contribution in [2.75, 3.05) is 6.79 Å². The molecule has 4 rings (SSSR count). The van der Waals surface area contributed by atoms with Crippen LogP contribution in [-0.2, 0) is 11.3 Å². The lowest BCUT2D eigenvalue weighted by molar-refractivity contribution is -0.122. The summed E-state index contributed by atoms with van der Waals surface area (Å²) in [5, 5.41) is 4.29. The quantitative estimate of drug-likeness (QED) is 0.677. The molecule has 1 N–H and O–H groups in total. The number of rotatable bonds is 5. The first kappa shape index (κ1) is 19.4. The highest BCUT2D eigenvalue weighted by Gasteiger charge is 2.26. The van der Waals surface area contributed by atoms with Gasteiger partial charge in [-0.1, -0.05) is 24.3 Å². The summed E-state index contributed by atoms with van der Waals surface area (Å²) in [6.07, 6.45) is 2.55. The van der Waals surface area contributed by atoms with Gasteiger partial charge in [-0.05, 0) is 57.0 Å². The van der Waals surface area contributed by atoms with Gasteiger partial charge in [0, 0.05) is 41.5 Å². The first-order chi connectivity index (χ1) is 13.9. The molecule has 5 nitrogen and oxygen atoms in total. The average Bonchev–Trinajstić information content (AvgIpc) is 3.28. The average molecular weight is 392 g/mol. The van der Waals surface area contributed by atoms with E-state index in [-0.39, 0.29) is 24.2 Å². The van der Waals surface area contributed by atoms with Crippen LogP contribution in [0, 0.1) is 0 Å². The molecule has 1 atom stereocenters. The molecule has 3 aromatic rings. The molecule has 5 heteroatoms. The van der Waals surface area contributed by atoms with Crippen molar-refractivity contribution in [1.29, 1.82) is 0 Å². The van der Waals surface area contributed by atoms with Gasteiger partial charge < -0.3 is 19.4 Å². The molecule has 2 aromatic carbocycles. The second-order valence-electron chi connectivity index (χ2n) is 8.56. The van der Waals surface area contributed by atoms with Crippen molar-refractivity contribution in [3.05, 3.63) is 59.8 Å². The molecule has 1 aliphatic heterocycles. The number of para-hydroxylation sites is 1. The van der Waals surface area contributed by atoms with Crippen molar-refractivity contribution in [2.45, 2.75) is 52.1 Å². The van der Waals surface area contributed by atoms with Gasteiger partial charge in [0.05, 0.1) is 0 Å². The lowest BCUT2D eigenvalue weighted by atomic mass is 9.87. The number of hydrogen-bond acceptors (Lipinski definition) is 3. The van der Waals surface area contributed by atoms with E-state index < -0.39 is 0 Å². The molecule has 29 heavy (non-hydrogen) atoms. The smallest absolute Gasteiger partial charge is 0.231 e. The maximum absolute atomic E-state index is 12.9. The summed E-state index contributed by atoms with van der Waals surface area (Å²) in [7, 11) is 0. The van der Waals surface area contributed by atoms with Gasteiger partial charge in [-0.15, -0.1) is 0 Å². The minimum atomic E-state index is -0.270. The second-order valence-corrected chi connectivity index (χ2v) is 8.56. The van der Waals surface area contributed by atoms with Crippen LogP contribution in [0.1, 0.15) is 51.2 Å². The summed E-state index contributed by atoms with van der Waals surface area (Å²) in [5.74, 6) is 1.45. The fourth-order valence-corrected chi connectivity index (χ4v) is 4.01. The van der Waals surface area contributed by atoms with Gasteiger partial charge in [-0.25, -0.2) is 0 Å². The van der Waals surface area contributed by atoms with E-state index in [2.05, 4.69) is 47.3 Å². The van der Waals surface area contributed by atoms with Gasteiger partial charge in [0.25, 0.3) is 0 Å². The van der Waals surface area contributed by atoms with E-state index in [4.69, 9.17) is 9.47 Å². The molecule has 1 aliphatic rings. The Balaban J connectivity index is 1.80. The van der Waals surface area contributed by atoms with Crippen LogP contribution in [0.15, 0.2) is 48.7 Å². The van der Waals surface area contributed by atoms with Crippen LogP contribution in [-0.4, -0.2) is 22.8 Å². The zero-order valence-corrected chi connectivity index (χ0v) is 17.5. The number of carbonyl (C=O) groups excluding carboxylic acids is 1. The van der Waals surface area contributed by atoms with Crippen molar-refractivity contribution in [2.24, 2.45) is 0 Å². The number of amides is 1. The van der Waals surface area contributed by atoms with Crippen molar-refractivity contribution in [3.63, 3.8) is 0 Å². The van der Waals surface area contributed by atoms with Crippen LogP contribution in [0.2, 0.25) is 0 Å². The number of ether oxygens (including phenoxy) is 2. The molecule has 152 valence electrons. The van der Waals surface area contributed by atoms with E-state index in [1.807, 2.05) is 39.0 Å². The molecule has 0 spiro atoms. The number of carbonyl (C=O) groups is 1. The first-order valence-corrected chi connectivity index (χ1v) is 10.1. The first-order valence-electron chi connectivity index (χ1n) is 10.1. The van der Waals surface area contributed by atoms with E-state index in [0.717, 1.165) is 29.2 Å². The van der Waals surface area contributed by atoms with Gasteiger partial charge in [0.15, 0.2) is 11.5 Å². The SMILES string of the molecule is CCn1cc([C@H](CC(=O)NC(C)(C)C)c2ccc3c(c2)OCO3)c2ccccc21. The van der Waals surface area contributed by atoms with Gasteiger partial charge in [-0.3, -0.25) is 4.79 Å². The van der Waals surface area contributed by atoms with Crippen LogP contribution in [0.4, 0.5) is 0 Å². The molecule has 1 amide bonds. The van der Waals surface area contributed by atoms with E-state index in [9.17, 15) is 4.79 Å². The summed E-state index contributed by atoms with van der Waals surface area (Å²) >= 11 is 0. The van der Waals surface area contributed by atoms with Crippen LogP contribution in [0.25, 0.3) is 10.9 Å². The molecule has 1 aromatic heterocycles. The Morgan fingerprint density at radius 2 is 1.90 bits per heavy atom. The van der Waals surface area contributed by atoms with Crippen molar-refractivity contribution in [1.82, 2.24) is 9.88 Å². The Hall–Kier alpha value is -2.95. The normalized spacial score (nSPS) is 14.2. The summed E-state index contributed by atoms with van der Waals surface area (Å²) in [6.45, 7) is 9.26. The van der Waals surface area contributed by atoms with E-state index in [0.29, 0.717) is 6.42 Å². The Labute approximate surface area is 171 Å². The number of aryl methyl sites for hydroxylation is 1. The summed E-state index contributed by atoms with van der Waals surface area (Å²) in [4.78, 5) is 12.9. The monoisotopic (exact) mass is 392 g/mol. The predicted octanol–water partition coefficient (Wildman–Crippen LogP) is 4.83. The van der Waals surface area contributed by atoms with Crippen LogP contribution in [0.5, 0.6) is 11.5 Å². The lowest BCUT2D eigenvalue weighted by Gasteiger charge is -2.23. The molecule has 2 heterocycles. The highest BCUT2D eigenvalue weighted by atomic mass is 16.7. The zero-order valence-electron chi connectivity index (χ0n) is 17.5. The maximum atomic E-state index is 12.9. The number of hydrogen-bond donors (Lipinski definition) is 1. The number of fused-ring (bicyclic) bond motifs is 2.